The highest BCUT2D eigenvalue weighted by atomic mass is 35.5. The van der Waals surface area contributed by atoms with Crippen LogP contribution in [0.5, 0.6) is 0 Å². The second-order valence-corrected chi connectivity index (χ2v) is 9.75. The van der Waals surface area contributed by atoms with E-state index in [0.717, 1.165) is 4.90 Å². The minimum atomic E-state index is -5.19. The third kappa shape index (κ3) is 4.72. The van der Waals surface area contributed by atoms with Gasteiger partial charge >= 0.3 is 6.03 Å². The number of halogens is 4. The Bertz CT molecular complexity index is 1190. The topological polar surface area (TPSA) is 66.7 Å². The predicted molar refractivity (Wildman–Crippen MR) is 121 cm³/mol. The number of carbonyl (C=O) groups is 2. The molecule has 4 rings (SSSR count). The lowest BCUT2D eigenvalue weighted by molar-refractivity contribution is -0.123. The summed E-state index contributed by atoms with van der Waals surface area (Å²) in [5.41, 5.74) is -0.205. The predicted octanol–water partition coefficient (Wildman–Crippen LogP) is 6.70. The van der Waals surface area contributed by atoms with Gasteiger partial charge < -0.3 is 9.32 Å². The van der Waals surface area contributed by atoms with Crippen LogP contribution in [-0.4, -0.2) is 27.4 Å². The number of carbonyl (C=O) groups excluding carboxylic acids is 2. The first-order chi connectivity index (χ1) is 15.5. The van der Waals surface area contributed by atoms with Crippen LogP contribution in [0.1, 0.15) is 25.2 Å². The maximum Gasteiger partial charge on any atom is 0.332 e. The number of urea groups is 1. The van der Waals surface area contributed by atoms with Crippen molar-refractivity contribution >= 4 is 40.4 Å². The number of oxazole rings is 1. The lowest BCUT2D eigenvalue weighted by Crippen LogP contribution is -2.43. The Morgan fingerprint density at radius 1 is 1.03 bits per heavy atom. The maximum atomic E-state index is 13.1. The molecular weight excluding hydrogens is 479 g/mol. The smallest absolute Gasteiger partial charge is 0.332 e. The molecule has 0 atom stereocenters. The third-order valence-electron chi connectivity index (χ3n) is 5.31. The van der Waals surface area contributed by atoms with Crippen molar-refractivity contribution in [2.75, 3.05) is 4.90 Å². The summed E-state index contributed by atoms with van der Waals surface area (Å²) < 4.78 is 43.8. The van der Waals surface area contributed by atoms with Crippen molar-refractivity contribution in [3.8, 4) is 11.5 Å². The fourth-order valence-corrected chi connectivity index (χ4v) is 4.22. The van der Waals surface area contributed by atoms with Gasteiger partial charge in [0.2, 0.25) is 17.1 Å². The van der Waals surface area contributed by atoms with Crippen LogP contribution in [0.15, 0.2) is 59.1 Å². The Kier molecular flexibility index (Phi) is 5.92. The van der Waals surface area contributed by atoms with Crippen molar-refractivity contribution in [3.63, 3.8) is 0 Å². The van der Waals surface area contributed by atoms with Gasteiger partial charge in [0.15, 0.2) is 0 Å². The number of hydrogen-bond donors (Lipinski definition) is 0. The molecule has 6 nitrogen and oxygen atoms in total. The molecule has 11 heteroatoms. The van der Waals surface area contributed by atoms with Crippen molar-refractivity contribution in [1.82, 2.24) is 9.88 Å². The van der Waals surface area contributed by atoms with E-state index in [4.69, 9.17) is 16.0 Å². The van der Waals surface area contributed by atoms with E-state index in [9.17, 15) is 21.2 Å². The molecule has 0 N–H and O–H groups in total. The van der Waals surface area contributed by atoms with Gasteiger partial charge in [-0.3, -0.25) is 4.79 Å². The molecule has 0 radical (unpaired) electrons. The van der Waals surface area contributed by atoms with E-state index in [-0.39, 0.29) is 17.8 Å². The molecule has 33 heavy (non-hydrogen) atoms. The van der Waals surface area contributed by atoms with E-state index >= 15 is 0 Å². The summed E-state index contributed by atoms with van der Waals surface area (Å²) in [4.78, 5) is 32.7. The minimum absolute atomic E-state index is 0.00974. The maximum absolute atomic E-state index is 13.1. The summed E-state index contributed by atoms with van der Waals surface area (Å²) in [5.74, 6) is -0.774. The highest BCUT2D eigenvalue weighted by Gasteiger charge is 2.52. The molecule has 0 saturated carbocycles. The van der Waals surface area contributed by atoms with Gasteiger partial charge in [-0.05, 0) is 55.8 Å². The van der Waals surface area contributed by atoms with Crippen LogP contribution >= 0.6 is 22.8 Å². The van der Waals surface area contributed by atoms with Gasteiger partial charge in [-0.1, -0.05) is 23.7 Å². The Morgan fingerprint density at radius 3 is 2.27 bits per heavy atom. The van der Waals surface area contributed by atoms with E-state index in [0.29, 0.717) is 22.2 Å². The van der Waals surface area contributed by atoms with Crippen LogP contribution in [0.25, 0.3) is 11.5 Å². The highest BCUT2D eigenvalue weighted by molar-refractivity contribution is 8.20. The van der Waals surface area contributed by atoms with Gasteiger partial charge in [0.25, 0.3) is 5.91 Å². The highest BCUT2D eigenvalue weighted by Crippen LogP contribution is 2.55. The zero-order valence-corrected chi connectivity index (χ0v) is 19.2. The van der Waals surface area contributed by atoms with Gasteiger partial charge in [0.05, 0.1) is 24.2 Å². The van der Waals surface area contributed by atoms with E-state index in [1.807, 2.05) is 0 Å². The van der Waals surface area contributed by atoms with Crippen LogP contribution in [0.2, 0.25) is 5.02 Å². The standard InChI is InChI=1S/C22H19ClF3N3O3S/c1-22(2)20(30)29(17-9-3-14(4-10-17)13-33(24,25)26)21(31)28(22)12-18-11-27-19(32-18)15-5-7-16(23)8-6-15/h3-11H,12-13H2,1-2H3. The fourth-order valence-electron chi connectivity index (χ4n) is 3.52. The number of benzene rings is 2. The number of nitrogens with zero attached hydrogens (tertiary/aromatic N) is 3. The molecule has 1 saturated heterocycles. The molecule has 1 aliphatic rings. The number of imide groups is 1. The SMILES string of the molecule is CC1(C)C(=O)N(c2ccc(CS(F)(F)F)cc2)C(=O)N1Cc1cnc(-c2ccc(Cl)cc2)o1. The molecule has 1 aromatic heterocycles. The number of aromatic nitrogens is 1. The first-order valence-corrected chi connectivity index (χ1v) is 11.7. The van der Waals surface area contributed by atoms with Gasteiger partial charge in [-0.15, -0.1) is 11.7 Å². The molecule has 1 fully saturated rings. The second-order valence-electron chi connectivity index (χ2n) is 8.02. The summed E-state index contributed by atoms with van der Waals surface area (Å²) >= 11 is 0.708. The Labute approximate surface area is 195 Å². The monoisotopic (exact) mass is 497 g/mol. The molecule has 2 aromatic carbocycles. The van der Waals surface area contributed by atoms with E-state index in [2.05, 4.69) is 4.98 Å². The van der Waals surface area contributed by atoms with Crippen molar-refractivity contribution in [2.45, 2.75) is 31.7 Å². The van der Waals surface area contributed by atoms with Gasteiger partial charge in [0, 0.05) is 10.6 Å². The molecule has 3 aromatic rings. The summed E-state index contributed by atoms with van der Waals surface area (Å²) in [6.07, 6.45) is 1.48. The van der Waals surface area contributed by atoms with Crippen molar-refractivity contribution in [2.24, 2.45) is 0 Å². The molecule has 1 aliphatic heterocycles. The zero-order valence-electron chi connectivity index (χ0n) is 17.6. The average molecular weight is 498 g/mol. The first kappa shape index (κ1) is 23.2. The number of anilines is 1. The second kappa shape index (κ2) is 8.42. The van der Waals surface area contributed by atoms with Crippen LogP contribution < -0.4 is 4.90 Å². The van der Waals surface area contributed by atoms with Crippen LogP contribution in [0, 0.1) is 0 Å². The van der Waals surface area contributed by atoms with Gasteiger partial charge in [0.1, 0.15) is 11.3 Å². The van der Waals surface area contributed by atoms with Gasteiger partial charge in [-0.2, -0.15) is 0 Å². The minimum Gasteiger partial charge on any atom is -0.439 e. The summed E-state index contributed by atoms with van der Waals surface area (Å²) in [6.45, 7) is 3.19. The quantitative estimate of drug-likeness (QED) is 0.355. The normalized spacial score (nSPS) is 16.5. The molecular formula is C22H19ClF3N3O3S. The van der Waals surface area contributed by atoms with Crippen molar-refractivity contribution in [3.05, 3.63) is 71.1 Å². The molecule has 3 amide bonds. The average Bonchev–Trinajstić information content (AvgIpc) is 3.26. The molecule has 0 unspecified atom stereocenters. The molecule has 174 valence electrons. The Balaban J connectivity index is 1.55. The third-order valence-corrected chi connectivity index (χ3v) is 6.22. The number of rotatable bonds is 6. The molecule has 0 bridgehead atoms. The van der Waals surface area contributed by atoms with Crippen molar-refractivity contribution in [1.29, 1.82) is 0 Å². The molecule has 2 heterocycles. The van der Waals surface area contributed by atoms with Crippen molar-refractivity contribution < 1.29 is 25.7 Å². The summed E-state index contributed by atoms with van der Waals surface area (Å²) in [5, 5.41) is 0.571. The number of hydrogen-bond acceptors (Lipinski definition) is 4. The fraction of sp³-hybridized carbons (Fsp3) is 0.227. The Morgan fingerprint density at radius 2 is 1.67 bits per heavy atom. The zero-order chi connectivity index (χ0) is 24.0. The largest absolute Gasteiger partial charge is 0.439 e. The lowest BCUT2D eigenvalue weighted by atomic mass is 10.0. The summed E-state index contributed by atoms with van der Waals surface area (Å²) in [7, 11) is 0. The van der Waals surface area contributed by atoms with Crippen LogP contribution in [-0.2, 0) is 17.1 Å². The van der Waals surface area contributed by atoms with Gasteiger partial charge in [-0.25, -0.2) is 14.7 Å². The first-order valence-electron chi connectivity index (χ1n) is 9.81. The molecule has 0 spiro atoms. The van der Waals surface area contributed by atoms with Crippen LogP contribution in [0.4, 0.5) is 22.1 Å². The van der Waals surface area contributed by atoms with Crippen LogP contribution in [0.3, 0.4) is 0 Å². The van der Waals surface area contributed by atoms with E-state index < -0.39 is 34.4 Å². The number of amides is 3. The molecule has 0 aliphatic carbocycles. The lowest BCUT2D eigenvalue weighted by Gasteiger charge is -2.26. The summed E-state index contributed by atoms with van der Waals surface area (Å²) in [6, 6.07) is 11.6. The Hall–Kier alpha value is -2.98. The van der Waals surface area contributed by atoms with E-state index in [1.165, 1.54) is 35.4 Å². The van der Waals surface area contributed by atoms with E-state index in [1.54, 1.807) is 38.1 Å².